The van der Waals surface area contributed by atoms with E-state index in [1.165, 1.54) is 0 Å². The van der Waals surface area contributed by atoms with E-state index in [0.29, 0.717) is 41.9 Å². The lowest BCUT2D eigenvalue weighted by molar-refractivity contribution is -0.121. The lowest BCUT2D eigenvalue weighted by atomic mass is 10.1. The van der Waals surface area contributed by atoms with Gasteiger partial charge in [-0.3, -0.25) is 4.79 Å². The van der Waals surface area contributed by atoms with E-state index in [9.17, 15) is 4.79 Å². The van der Waals surface area contributed by atoms with Gasteiger partial charge in [-0.1, -0.05) is 17.7 Å². The molecule has 0 fully saturated rings. The Balaban J connectivity index is 1.55. The first kappa shape index (κ1) is 21.4. The van der Waals surface area contributed by atoms with Crippen molar-refractivity contribution in [1.82, 2.24) is 25.3 Å². The summed E-state index contributed by atoms with van der Waals surface area (Å²) in [5, 5.41) is 6.20. The highest BCUT2D eigenvalue weighted by Gasteiger charge is 2.15. The second kappa shape index (κ2) is 9.93. The van der Waals surface area contributed by atoms with Crippen molar-refractivity contribution in [3.8, 4) is 23.1 Å². The van der Waals surface area contributed by atoms with Crippen LogP contribution in [-0.4, -0.2) is 52.6 Å². The van der Waals surface area contributed by atoms with Crippen molar-refractivity contribution < 1.29 is 14.3 Å². The number of aromatic amines is 1. The average Bonchev–Trinajstić information content (AvgIpc) is 3.28. The Morgan fingerprint density at radius 1 is 1.20 bits per heavy atom. The summed E-state index contributed by atoms with van der Waals surface area (Å²) in [7, 11) is 3.18. The molecule has 3 N–H and O–H groups in total. The van der Waals surface area contributed by atoms with Crippen molar-refractivity contribution in [1.29, 1.82) is 0 Å². The van der Waals surface area contributed by atoms with Crippen LogP contribution < -0.4 is 20.1 Å². The zero-order valence-electron chi connectivity index (χ0n) is 16.9. The van der Waals surface area contributed by atoms with Crippen molar-refractivity contribution in [3.05, 3.63) is 47.4 Å². The third-order valence-corrected chi connectivity index (χ3v) is 4.52. The molecule has 158 valence electrons. The first-order chi connectivity index (χ1) is 14.5. The van der Waals surface area contributed by atoms with Crippen LogP contribution in [0.1, 0.15) is 12.5 Å². The third-order valence-electron chi connectivity index (χ3n) is 4.32. The van der Waals surface area contributed by atoms with Crippen LogP contribution >= 0.6 is 11.6 Å². The number of anilines is 1. The predicted octanol–water partition coefficient (Wildman–Crippen LogP) is 2.70. The molecule has 1 atom stereocenters. The Hall–Kier alpha value is -3.33. The molecule has 3 aromatic rings. The molecular formula is C20H23ClN6O3. The summed E-state index contributed by atoms with van der Waals surface area (Å²) in [6.45, 7) is 2.22. The zero-order valence-corrected chi connectivity index (χ0v) is 17.7. The van der Waals surface area contributed by atoms with Crippen LogP contribution in [0.3, 0.4) is 0 Å². The van der Waals surface area contributed by atoms with Crippen LogP contribution in [0.2, 0.25) is 5.15 Å². The molecule has 0 aliphatic heterocycles. The number of imidazole rings is 1. The highest BCUT2D eigenvalue weighted by atomic mass is 35.5. The second-order valence-electron chi connectivity index (χ2n) is 6.43. The highest BCUT2D eigenvalue weighted by molar-refractivity contribution is 6.29. The largest absolute Gasteiger partial charge is 0.493 e. The van der Waals surface area contributed by atoms with Crippen molar-refractivity contribution in [3.63, 3.8) is 0 Å². The molecular weight excluding hydrogens is 408 g/mol. The summed E-state index contributed by atoms with van der Waals surface area (Å²) in [5.41, 5.74) is 1.03. The van der Waals surface area contributed by atoms with E-state index in [2.05, 4.69) is 30.6 Å². The molecule has 1 aromatic carbocycles. The maximum Gasteiger partial charge on any atom is 0.242 e. The molecule has 2 aromatic heterocycles. The molecule has 0 saturated heterocycles. The number of benzene rings is 1. The minimum atomic E-state index is -0.522. The molecule has 0 aliphatic carbocycles. The minimum Gasteiger partial charge on any atom is -0.493 e. The summed E-state index contributed by atoms with van der Waals surface area (Å²) < 4.78 is 10.5. The Morgan fingerprint density at radius 2 is 2.00 bits per heavy atom. The number of carbonyl (C=O) groups excluding carboxylic acids is 1. The maximum atomic E-state index is 12.4. The van der Waals surface area contributed by atoms with Gasteiger partial charge in [0.1, 0.15) is 17.0 Å². The normalized spacial score (nSPS) is 11.6. The monoisotopic (exact) mass is 430 g/mol. The van der Waals surface area contributed by atoms with Crippen LogP contribution in [0.5, 0.6) is 11.5 Å². The topological polar surface area (TPSA) is 114 Å². The number of aromatic nitrogens is 4. The number of rotatable bonds is 9. The molecule has 30 heavy (non-hydrogen) atoms. The number of hydrogen-bond donors (Lipinski definition) is 3. The maximum absolute atomic E-state index is 12.4. The minimum absolute atomic E-state index is 0.162. The first-order valence-corrected chi connectivity index (χ1v) is 9.67. The van der Waals surface area contributed by atoms with Gasteiger partial charge in [-0.25, -0.2) is 15.0 Å². The summed E-state index contributed by atoms with van der Waals surface area (Å²) in [4.78, 5) is 28.0. The fraction of sp³-hybridized carbons (Fsp3) is 0.300. The second-order valence-corrected chi connectivity index (χ2v) is 6.82. The summed E-state index contributed by atoms with van der Waals surface area (Å²) in [5.74, 6) is 2.43. The Bertz CT molecular complexity index is 996. The molecule has 0 spiro atoms. The van der Waals surface area contributed by atoms with E-state index < -0.39 is 6.04 Å². The molecule has 0 radical (unpaired) electrons. The molecule has 10 heteroatoms. The SMILES string of the molecule is COc1ccc(CCNC(=O)C(C)Nc2cc(Cl)nc(-c3ncc[nH]3)n2)cc1OC. The first-order valence-electron chi connectivity index (χ1n) is 9.29. The van der Waals surface area contributed by atoms with Crippen LogP contribution in [0.4, 0.5) is 5.82 Å². The van der Waals surface area contributed by atoms with Crippen molar-refractivity contribution in [2.75, 3.05) is 26.1 Å². The van der Waals surface area contributed by atoms with Gasteiger partial charge in [0.15, 0.2) is 23.1 Å². The number of hydrogen-bond acceptors (Lipinski definition) is 7. The fourth-order valence-corrected chi connectivity index (χ4v) is 2.98. The number of methoxy groups -OCH3 is 2. The lowest BCUT2D eigenvalue weighted by Crippen LogP contribution is -2.38. The molecule has 9 nitrogen and oxygen atoms in total. The highest BCUT2D eigenvalue weighted by Crippen LogP contribution is 2.27. The van der Waals surface area contributed by atoms with Crippen LogP contribution in [0.15, 0.2) is 36.7 Å². The Kier molecular flexibility index (Phi) is 7.08. The van der Waals surface area contributed by atoms with E-state index in [4.69, 9.17) is 21.1 Å². The van der Waals surface area contributed by atoms with E-state index in [-0.39, 0.29) is 11.1 Å². The fourth-order valence-electron chi connectivity index (χ4n) is 2.79. The predicted molar refractivity (Wildman–Crippen MR) is 114 cm³/mol. The molecule has 0 saturated carbocycles. The third kappa shape index (κ3) is 5.38. The standard InChI is InChI=1S/C20H23ClN6O3/c1-12(25-17-11-16(21)26-19(27-17)18-22-8-9-23-18)20(28)24-7-6-13-4-5-14(29-2)15(10-13)30-3/h4-5,8-12H,6-7H2,1-3H3,(H,22,23)(H,24,28)(H,25,26,27). The number of amides is 1. The van der Waals surface area contributed by atoms with Crippen LogP contribution in [0, 0.1) is 0 Å². The number of carbonyl (C=O) groups is 1. The average molecular weight is 431 g/mol. The number of nitrogens with one attached hydrogen (secondary N) is 3. The van der Waals surface area contributed by atoms with Gasteiger partial charge >= 0.3 is 0 Å². The van der Waals surface area contributed by atoms with E-state index in [1.807, 2.05) is 18.2 Å². The molecule has 2 heterocycles. The van der Waals surface area contributed by atoms with Crippen LogP contribution in [-0.2, 0) is 11.2 Å². The van der Waals surface area contributed by atoms with E-state index in [0.717, 1.165) is 5.56 Å². The molecule has 1 unspecified atom stereocenters. The van der Waals surface area contributed by atoms with Crippen LogP contribution in [0.25, 0.3) is 11.6 Å². The van der Waals surface area contributed by atoms with Crippen molar-refractivity contribution in [2.45, 2.75) is 19.4 Å². The van der Waals surface area contributed by atoms with Gasteiger partial charge in [-0.15, -0.1) is 0 Å². The molecule has 3 rings (SSSR count). The van der Waals surface area contributed by atoms with E-state index >= 15 is 0 Å². The van der Waals surface area contributed by atoms with Gasteiger partial charge in [0.25, 0.3) is 0 Å². The number of halogens is 1. The van der Waals surface area contributed by atoms with Crippen molar-refractivity contribution in [2.24, 2.45) is 0 Å². The van der Waals surface area contributed by atoms with Gasteiger partial charge in [-0.2, -0.15) is 0 Å². The summed E-state index contributed by atoms with van der Waals surface area (Å²) >= 11 is 6.08. The van der Waals surface area contributed by atoms with Crippen molar-refractivity contribution >= 4 is 23.3 Å². The number of H-pyrrole nitrogens is 1. The Labute approximate surface area is 179 Å². The van der Waals surface area contributed by atoms with E-state index in [1.54, 1.807) is 39.6 Å². The smallest absolute Gasteiger partial charge is 0.242 e. The van der Waals surface area contributed by atoms with Gasteiger partial charge in [0.2, 0.25) is 5.91 Å². The summed E-state index contributed by atoms with van der Waals surface area (Å²) in [6, 6.07) is 6.71. The number of ether oxygens (including phenoxy) is 2. The number of nitrogens with zero attached hydrogens (tertiary/aromatic N) is 3. The quantitative estimate of drug-likeness (QED) is 0.447. The summed E-state index contributed by atoms with van der Waals surface area (Å²) in [6.07, 6.45) is 3.92. The van der Waals surface area contributed by atoms with Gasteiger partial charge < -0.3 is 25.1 Å². The molecule has 0 aliphatic rings. The van der Waals surface area contributed by atoms with Gasteiger partial charge in [0.05, 0.1) is 14.2 Å². The Morgan fingerprint density at radius 3 is 2.70 bits per heavy atom. The molecule has 0 bridgehead atoms. The zero-order chi connectivity index (χ0) is 21.5. The van der Waals surface area contributed by atoms with Gasteiger partial charge in [0, 0.05) is 25.0 Å². The van der Waals surface area contributed by atoms with Gasteiger partial charge in [-0.05, 0) is 31.0 Å². The lowest BCUT2D eigenvalue weighted by Gasteiger charge is -2.15. The molecule has 1 amide bonds.